The number of carbonyl (C=O) groups is 4. The van der Waals surface area contributed by atoms with E-state index >= 15 is 0 Å². The molecule has 8 heteroatoms. The smallest absolute Gasteiger partial charge is 0.325 e. The van der Waals surface area contributed by atoms with E-state index < -0.39 is 47.7 Å². The van der Waals surface area contributed by atoms with E-state index in [4.69, 9.17) is 18.9 Å². The summed E-state index contributed by atoms with van der Waals surface area (Å²) in [6.45, 7) is 2.88. The van der Waals surface area contributed by atoms with E-state index in [1.807, 2.05) is 36.4 Å². The molecule has 37 heavy (non-hydrogen) atoms. The van der Waals surface area contributed by atoms with E-state index in [9.17, 15) is 19.2 Å². The summed E-state index contributed by atoms with van der Waals surface area (Å²) in [4.78, 5) is 51.6. The molecular formula is C29H32O8. The second-order valence-electron chi connectivity index (χ2n) is 8.79. The lowest BCUT2D eigenvalue weighted by molar-refractivity contribution is -0.183. The molecule has 3 rings (SSSR count). The third-order valence-corrected chi connectivity index (χ3v) is 6.15. The molecule has 2 aromatic carbocycles. The molecule has 0 heterocycles. The Morgan fingerprint density at radius 2 is 1.32 bits per heavy atom. The minimum atomic E-state index is -1.98. The molecule has 0 bridgehead atoms. The highest BCUT2D eigenvalue weighted by atomic mass is 16.6. The van der Waals surface area contributed by atoms with Crippen molar-refractivity contribution in [1.29, 1.82) is 0 Å². The summed E-state index contributed by atoms with van der Waals surface area (Å²) in [5.41, 5.74) is -0.520. The predicted molar refractivity (Wildman–Crippen MR) is 134 cm³/mol. The van der Waals surface area contributed by atoms with Crippen LogP contribution in [0, 0.1) is 11.3 Å². The predicted octanol–water partition coefficient (Wildman–Crippen LogP) is 4.31. The SMILES string of the molecule is CCOC(=O)CC(C(=O)OCc1ccccc1)(C(=O)OCc1ccccc1)[C@@H]1C=C[C@H](OC(C)=O)CC1. The van der Waals surface area contributed by atoms with Gasteiger partial charge in [-0.05, 0) is 37.0 Å². The maximum absolute atomic E-state index is 13.7. The van der Waals surface area contributed by atoms with Crippen molar-refractivity contribution in [3.8, 4) is 0 Å². The standard InChI is InChI=1S/C29H32O8/c1-3-34-26(31)18-29(24-14-16-25(17-15-24)37-21(2)30,27(32)35-19-22-10-6-4-7-11-22)28(33)36-20-23-12-8-5-9-13-23/h4-14,16,24-25H,3,15,17-20H2,1-2H3/t24-,25+/m1/s1. The number of rotatable bonds is 11. The molecule has 0 saturated carbocycles. The van der Waals surface area contributed by atoms with Crippen molar-refractivity contribution in [2.24, 2.45) is 11.3 Å². The summed E-state index contributed by atoms with van der Waals surface area (Å²) >= 11 is 0. The van der Waals surface area contributed by atoms with Gasteiger partial charge in [0.2, 0.25) is 0 Å². The van der Waals surface area contributed by atoms with Crippen LogP contribution in [0.25, 0.3) is 0 Å². The Bertz CT molecular complexity index is 1040. The van der Waals surface area contributed by atoms with E-state index in [2.05, 4.69) is 0 Å². The molecular weight excluding hydrogens is 476 g/mol. The topological polar surface area (TPSA) is 105 Å². The average Bonchev–Trinajstić information content (AvgIpc) is 2.90. The monoisotopic (exact) mass is 508 g/mol. The fourth-order valence-corrected chi connectivity index (χ4v) is 4.32. The van der Waals surface area contributed by atoms with Gasteiger partial charge in [-0.1, -0.05) is 66.7 Å². The second-order valence-corrected chi connectivity index (χ2v) is 8.79. The Balaban J connectivity index is 1.95. The van der Waals surface area contributed by atoms with E-state index in [0.29, 0.717) is 6.42 Å². The van der Waals surface area contributed by atoms with Crippen LogP contribution in [0.5, 0.6) is 0 Å². The van der Waals surface area contributed by atoms with Gasteiger partial charge in [-0.3, -0.25) is 19.2 Å². The Morgan fingerprint density at radius 1 is 0.784 bits per heavy atom. The van der Waals surface area contributed by atoms with Gasteiger partial charge in [0.15, 0.2) is 5.41 Å². The largest absolute Gasteiger partial charge is 0.466 e. The fourth-order valence-electron chi connectivity index (χ4n) is 4.32. The zero-order valence-corrected chi connectivity index (χ0v) is 21.1. The maximum Gasteiger partial charge on any atom is 0.325 e. The van der Waals surface area contributed by atoms with Gasteiger partial charge in [0, 0.05) is 12.8 Å². The van der Waals surface area contributed by atoms with Gasteiger partial charge in [0.25, 0.3) is 0 Å². The Hall–Kier alpha value is -3.94. The lowest BCUT2D eigenvalue weighted by atomic mass is 9.68. The Labute approximate surface area is 216 Å². The number of hydrogen-bond acceptors (Lipinski definition) is 8. The molecule has 0 radical (unpaired) electrons. The van der Waals surface area contributed by atoms with Crippen molar-refractivity contribution in [3.05, 3.63) is 83.9 Å². The molecule has 0 unspecified atom stereocenters. The minimum Gasteiger partial charge on any atom is -0.466 e. The van der Waals surface area contributed by atoms with Gasteiger partial charge in [-0.25, -0.2) is 0 Å². The maximum atomic E-state index is 13.7. The molecule has 2 atom stereocenters. The first-order valence-corrected chi connectivity index (χ1v) is 12.3. The van der Waals surface area contributed by atoms with Gasteiger partial charge < -0.3 is 18.9 Å². The first kappa shape index (κ1) is 27.6. The molecule has 0 aliphatic heterocycles. The van der Waals surface area contributed by atoms with Crippen molar-refractivity contribution < 1.29 is 38.1 Å². The summed E-state index contributed by atoms with van der Waals surface area (Å²) in [7, 11) is 0. The zero-order valence-electron chi connectivity index (χ0n) is 21.1. The van der Waals surface area contributed by atoms with Crippen LogP contribution in [-0.2, 0) is 51.3 Å². The Morgan fingerprint density at radius 3 is 1.76 bits per heavy atom. The molecule has 0 saturated heterocycles. The highest BCUT2D eigenvalue weighted by molar-refractivity contribution is 6.03. The van der Waals surface area contributed by atoms with Crippen LogP contribution in [0.2, 0.25) is 0 Å². The van der Waals surface area contributed by atoms with Crippen LogP contribution in [0.15, 0.2) is 72.8 Å². The Kier molecular flexibility index (Phi) is 10.0. The molecule has 8 nitrogen and oxygen atoms in total. The number of benzene rings is 2. The second kappa shape index (κ2) is 13.4. The van der Waals surface area contributed by atoms with Gasteiger partial charge in [-0.2, -0.15) is 0 Å². The summed E-state index contributed by atoms with van der Waals surface area (Å²) in [6, 6.07) is 18.1. The number of carbonyl (C=O) groups excluding carboxylic acids is 4. The summed E-state index contributed by atoms with van der Waals surface area (Å²) in [5.74, 6) is -3.64. The lowest BCUT2D eigenvalue weighted by Gasteiger charge is -2.36. The van der Waals surface area contributed by atoms with Crippen molar-refractivity contribution in [2.45, 2.75) is 52.4 Å². The summed E-state index contributed by atoms with van der Waals surface area (Å²) in [6.07, 6.45) is 2.87. The van der Waals surface area contributed by atoms with Crippen molar-refractivity contribution >= 4 is 23.9 Å². The molecule has 0 aromatic heterocycles. The van der Waals surface area contributed by atoms with Crippen molar-refractivity contribution in [1.82, 2.24) is 0 Å². The normalized spacial score (nSPS) is 16.9. The molecule has 1 aliphatic rings. The van der Waals surface area contributed by atoms with E-state index in [-0.39, 0.29) is 26.2 Å². The van der Waals surface area contributed by atoms with Gasteiger partial charge in [0.05, 0.1) is 13.0 Å². The lowest BCUT2D eigenvalue weighted by Crippen LogP contribution is -2.50. The summed E-state index contributed by atoms with van der Waals surface area (Å²) < 4.78 is 21.6. The molecule has 1 aliphatic carbocycles. The van der Waals surface area contributed by atoms with Crippen LogP contribution in [0.3, 0.4) is 0 Å². The van der Waals surface area contributed by atoms with Crippen LogP contribution in [0.1, 0.15) is 44.2 Å². The number of hydrogen-bond donors (Lipinski definition) is 0. The quantitative estimate of drug-likeness (QED) is 0.191. The molecule has 0 fully saturated rings. The molecule has 0 spiro atoms. The van der Waals surface area contributed by atoms with E-state index in [0.717, 1.165) is 11.1 Å². The zero-order chi connectivity index (χ0) is 26.7. The first-order valence-electron chi connectivity index (χ1n) is 12.3. The molecule has 196 valence electrons. The molecule has 0 amide bonds. The average molecular weight is 509 g/mol. The van der Waals surface area contributed by atoms with Gasteiger partial charge >= 0.3 is 23.9 Å². The molecule has 2 aromatic rings. The van der Waals surface area contributed by atoms with Gasteiger partial charge in [-0.15, -0.1) is 0 Å². The van der Waals surface area contributed by atoms with E-state index in [1.54, 1.807) is 43.3 Å². The first-order chi connectivity index (χ1) is 17.8. The highest BCUT2D eigenvalue weighted by Gasteiger charge is 2.56. The molecule has 0 N–H and O–H groups in total. The van der Waals surface area contributed by atoms with Crippen LogP contribution >= 0.6 is 0 Å². The third kappa shape index (κ3) is 7.52. The van der Waals surface area contributed by atoms with Crippen LogP contribution in [0.4, 0.5) is 0 Å². The number of ether oxygens (including phenoxy) is 4. The number of esters is 4. The summed E-state index contributed by atoms with van der Waals surface area (Å²) in [5, 5.41) is 0. The van der Waals surface area contributed by atoms with Crippen LogP contribution in [-0.4, -0.2) is 36.6 Å². The fraction of sp³-hybridized carbons (Fsp3) is 0.379. The van der Waals surface area contributed by atoms with E-state index in [1.165, 1.54) is 6.92 Å². The highest BCUT2D eigenvalue weighted by Crippen LogP contribution is 2.42. The van der Waals surface area contributed by atoms with Gasteiger partial charge in [0.1, 0.15) is 19.3 Å². The van der Waals surface area contributed by atoms with Crippen LogP contribution < -0.4 is 0 Å². The van der Waals surface area contributed by atoms with Crippen molar-refractivity contribution in [2.75, 3.05) is 6.61 Å². The third-order valence-electron chi connectivity index (χ3n) is 6.15. The number of allylic oxidation sites excluding steroid dienone is 1. The minimum absolute atomic E-state index is 0.0806. The van der Waals surface area contributed by atoms with Crippen molar-refractivity contribution in [3.63, 3.8) is 0 Å².